The molecule has 92 valence electrons. The highest BCUT2D eigenvalue weighted by Gasteiger charge is 2.24. The summed E-state index contributed by atoms with van der Waals surface area (Å²) < 4.78 is 1.53. The first-order chi connectivity index (χ1) is 8.11. The van der Waals surface area contributed by atoms with Crippen LogP contribution in [-0.4, -0.2) is 21.3 Å². The molecule has 1 aliphatic rings. The second kappa shape index (κ2) is 4.71. The van der Waals surface area contributed by atoms with Crippen molar-refractivity contribution in [2.75, 3.05) is 6.61 Å². The maximum absolute atomic E-state index is 11.6. The highest BCUT2D eigenvalue weighted by Crippen LogP contribution is 2.34. The summed E-state index contributed by atoms with van der Waals surface area (Å²) in [5, 5.41) is 8.83. The minimum atomic E-state index is -0.365. The van der Waals surface area contributed by atoms with Crippen molar-refractivity contribution in [3.05, 3.63) is 44.2 Å². The molecular weight excluding hydrogens is 220 g/mol. The minimum Gasteiger partial charge on any atom is -0.392 e. The van der Waals surface area contributed by atoms with E-state index < -0.39 is 0 Å². The van der Waals surface area contributed by atoms with Gasteiger partial charge in [0.15, 0.2) is 0 Å². The first kappa shape index (κ1) is 11.9. The average molecular weight is 236 g/mol. The van der Waals surface area contributed by atoms with Crippen molar-refractivity contribution >= 4 is 0 Å². The molecule has 1 unspecified atom stereocenters. The summed E-state index contributed by atoms with van der Waals surface area (Å²) in [6, 6.07) is 0. The summed E-state index contributed by atoms with van der Waals surface area (Å²) in [6.45, 7) is 2.30. The lowest BCUT2D eigenvalue weighted by atomic mass is 9.79. The maximum Gasteiger partial charge on any atom is 0.328 e. The van der Waals surface area contributed by atoms with Crippen LogP contribution in [0.25, 0.3) is 0 Å². The number of H-pyrrole nitrogens is 1. The SMILES string of the molecule is Cc1cn(CC2CC/C2=C\CO)c(=O)[nH]c1=O. The standard InChI is InChI=1S/C12H16N2O3/c1-8-6-14(12(17)13-11(8)16)7-10-3-2-9(10)4-5-15/h4,6,10,15H,2-3,5,7H2,1H3,(H,13,16,17)/b9-4+. The van der Waals surface area contributed by atoms with Crippen molar-refractivity contribution in [1.29, 1.82) is 0 Å². The fourth-order valence-electron chi connectivity index (χ4n) is 2.10. The lowest BCUT2D eigenvalue weighted by Crippen LogP contribution is -2.34. The molecule has 0 aliphatic heterocycles. The van der Waals surface area contributed by atoms with Crippen LogP contribution in [0.15, 0.2) is 27.4 Å². The number of aromatic nitrogens is 2. The van der Waals surface area contributed by atoms with E-state index in [-0.39, 0.29) is 17.9 Å². The van der Waals surface area contributed by atoms with Gasteiger partial charge in [-0.05, 0) is 25.7 Å². The van der Waals surface area contributed by atoms with Gasteiger partial charge in [-0.3, -0.25) is 14.3 Å². The summed E-state index contributed by atoms with van der Waals surface area (Å²) in [4.78, 5) is 25.1. The molecule has 17 heavy (non-hydrogen) atoms. The molecule has 0 saturated heterocycles. The van der Waals surface area contributed by atoms with Crippen molar-refractivity contribution in [3.8, 4) is 0 Å². The smallest absolute Gasteiger partial charge is 0.328 e. The molecule has 0 spiro atoms. The lowest BCUT2D eigenvalue weighted by molar-refractivity contribution is 0.327. The normalized spacial score (nSPS) is 21.5. The van der Waals surface area contributed by atoms with Gasteiger partial charge >= 0.3 is 5.69 Å². The molecule has 1 atom stereocenters. The molecule has 1 heterocycles. The number of nitrogens with zero attached hydrogens (tertiary/aromatic N) is 1. The Bertz CT molecular complexity index is 554. The van der Waals surface area contributed by atoms with Gasteiger partial charge in [0, 0.05) is 18.3 Å². The van der Waals surface area contributed by atoms with Crippen molar-refractivity contribution in [3.63, 3.8) is 0 Å². The Hall–Kier alpha value is -1.62. The quantitative estimate of drug-likeness (QED) is 0.735. The Balaban J connectivity index is 2.20. The van der Waals surface area contributed by atoms with E-state index >= 15 is 0 Å². The predicted molar refractivity (Wildman–Crippen MR) is 64.0 cm³/mol. The molecule has 1 saturated carbocycles. The molecular formula is C12H16N2O3. The third-order valence-electron chi connectivity index (χ3n) is 3.27. The summed E-state index contributed by atoms with van der Waals surface area (Å²) >= 11 is 0. The fraction of sp³-hybridized carbons (Fsp3) is 0.500. The van der Waals surface area contributed by atoms with Crippen LogP contribution in [0.5, 0.6) is 0 Å². The van der Waals surface area contributed by atoms with Crippen LogP contribution < -0.4 is 11.2 Å². The van der Waals surface area contributed by atoms with E-state index in [1.165, 1.54) is 10.1 Å². The lowest BCUT2D eigenvalue weighted by Gasteiger charge is -2.30. The highest BCUT2D eigenvalue weighted by molar-refractivity contribution is 5.15. The van der Waals surface area contributed by atoms with Crippen LogP contribution in [0.4, 0.5) is 0 Å². The minimum absolute atomic E-state index is 0.0470. The van der Waals surface area contributed by atoms with E-state index in [1.54, 1.807) is 19.2 Å². The van der Waals surface area contributed by atoms with E-state index in [4.69, 9.17) is 5.11 Å². The molecule has 1 aromatic heterocycles. The Kier molecular flexibility index (Phi) is 3.28. The third kappa shape index (κ3) is 2.39. The van der Waals surface area contributed by atoms with Crippen LogP contribution >= 0.6 is 0 Å². The largest absolute Gasteiger partial charge is 0.392 e. The molecule has 0 aromatic carbocycles. The van der Waals surface area contributed by atoms with Gasteiger partial charge < -0.3 is 5.11 Å². The van der Waals surface area contributed by atoms with Crippen molar-refractivity contribution in [1.82, 2.24) is 9.55 Å². The number of nitrogens with one attached hydrogen (secondary N) is 1. The second-order valence-corrected chi connectivity index (χ2v) is 4.42. The van der Waals surface area contributed by atoms with E-state index in [0.717, 1.165) is 12.8 Å². The molecule has 0 amide bonds. The average Bonchev–Trinajstić information content (AvgIpc) is 2.27. The van der Waals surface area contributed by atoms with Crippen LogP contribution in [0.2, 0.25) is 0 Å². The number of aromatic amines is 1. The number of aliphatic hydroxyl groups excluding tert-OH is 1. The van der Waals surface area contributed by atoms with Crippen LogP contribution in [0.1, 0.15) is 18.4 Å². The fourth-order valence-corrected chi connectivity index (χ4v) is 2.10. The van der Waals surface area contributed by atoms with Crippen molar-refractivity contribution in [2.24, 2.45) is 5.92 Å². The maximum atomic E-state index is 11.6. The zero-order chi connectivity index (χ0) is 12.4. The van der Waals surface area contributed by atoms with Crippen LogP contribution in [-0.2, 0) is 6.54 Å². The molecule has 0 bridgehead atoms. The number of aryl methyl sites for hydroxylation is 1. The first-order valence-electron chi connectivity index (χ1n) is 5.72. The Labute approximate surface area is 98.4 Å². The molecule has 2 rings (SSSR count). The first-order valence-corrected chi connectivity index (χ1v) is 5.72. The highest BCUT2D eigenvalue weighted by atomic mass is 16.2. The molecule has 5 heteroatoms. The van der Waals surface area contributed by atoms with Crippen LogP contribution in [0.3, 0.4) is 0 Å². The zero-order valence-corrected chi connectivity index (χ0v) is 9.77. The number of allylic oxidation sites excluding steroid dienone is 1. The van der Waals surface area contributed by atoms with Gasteiger partial charge in [0.05, 0.1) is 6.61 Å². The van der Waals surface area contributed by atoms with Gasteiger partial charge in [-0.2, -0.15) is 0 Å². The molecule has 1 fully saturated rings. The van der Waals surface area contributed by atoms with E-state index in [2.05, 4.69) is 4.98 Å². The van der Waals surface area contributed by atoms with Gasteiger partial charge in [0.1, 0.15) is 0 Å². The zero-order valence-electron chi connectivity index (χ0n) is 9.77. The molecule has 1 aliphatic carbocycles. The van der Waals surface area contributed by atoms with E-state index in [1.807, 2.05) is 0 Å². The van der Waals surface area contributed by atoms with Gasteiger partial charge in [-0.1, -0.05) is 11.6 Å². The summed E-state index contributed by atoms with van der Waals surface area (Å²) in [5.74, 6) is 0.310. The monoisotopic (exact) mass is 236 g/mol. The molecule has 0 radical (unpaired) electrons. The van der Waals surface area contributed by atoms with Gasteiger partial charge in [0.25, 0.3) is 5.56 Å². The Morgan fingerprint density at radius 3 is 2.94 bits per heavy atom. The summed E-state index contributed by atoms with van der Waals surface area (Å²) in [6.07, 6.45) is 5.41. The molecule has 5 nitrogen and oxygen atoms in total. The predicted octanol–water partition coefficient (Wildman–Crippen LogP) is 0.174. The van der Waals surface area contributed by atoms with Crippen molar-refractivity contribution < 1.29 is 5.11 Å². The van der Waals surface area contributed by atoms with E-state index in [9.17, 15) is 9.59 Å². The van der Waals surface area contributed by atoms with Crippen LogP contribution in [0, 0.1) is 12.8 Å². The number of hydrogen-bond donors (Lipinski definition) is 2. The summed E-state index contributed by atoms with van der Waals surface area (Å²) in [5.41, 5.74) is 1.04. The van der Waals surface area contributed by atoms with Gasteiger partial charge in [-0.15, -0.1) is 0 Å². The second-order valence-electron chi connectivity index (χ2n) is 4.42. The Morgan fingerprint density at radius 2 is 2.35 bits per heavy atom. The number of aliphatic hydroxyl groups is 1. The van der Waals surface area contributed by atoms with E-state index in [0.29, 0.717) is 18.0 Å². The molecule has 2 N–H and O–H groups in total. The topological polar surface area (TPSA) is 75.1 Å². The summed E-state index contributed by atoms with van der Waals surface area (Å²) in [7, 11) is 0. The van der Waals surface area contributed by atoms with Crippen molar-refractivity contribution in [2.45, 2.75) is 26.3 Å². The van der Waals surface area contributed by atoms with Gasteiger partial charge in [-0.25, -0.2) is 4.79 Å². The Morgan fingerprint density at radius 1 is 1.59 bits per heavy atom. The van der Waals surface area contributed by atoms with Gasteiger partial charge in [0.2, 0.25) is 0 Å². The third-order valence-corrected chi connectivity index (χ3v) is 3.27. The number of hydrogen-bond acceptors (Lipinski definition) is 3. The number of rotatable bonds is 3. The molecule has 1 aromatic rings.